The predicted molar refractivity (Wildman–Crippen MR) is 95.1 cm³/mol. The summed E-state index contributed by atoms with van der Waals surface area (Å²) in [6.45, 7) is 11.8. The molecule has 0 amide bonds. The first-order chi connectivity index (χ1) is 10.4. The molecule has 0 saturated carbocycles. The fourth-order valence-corrected chi connectivity index (χ4v) is 3.52. The molecule has 1 aliphatic heterocycles. The van der Waals surface area contributed by atoms with Gasteiger partial charge >= 0.3 is 0 Å². The van der Waals surface area contributed by atoms with Gasteiger partial charge in [0.15, 0.2) is 0 Å². The van der Waals surface area contributed by atoms with Crippen LogP contribution in [0.15, 0.2) is 0 Å². The van der Waals surface area contributed by atoms with E-state index >= 15 is 0 Å². The van der Waals surface area contributed by atoms with Crippen LogP contribution in [0, 0.1) is 17.8 Å². The van der Waals surface area contributed by atoms with Crippen LogP contribution in [0.1, 0.15) is 92.4 Å². The van der Waals surface area contributed by atoms with Crippen LogP contribution in [0.4, 0.5) is 0 Å². The average Bonchev–Trinajstić information content (AvgIpc) is 3.09. The van der Waals surface area contributed by atoms with Crippen molar-refractivity contribution in [2.45, 2.75) is 104 Å². The zero-order valence-electron chi connectivity index (χ0n) is 15.7. The van der Waals surface area contributed by atoms with Crippen molar-refractivity contribution in [3.8, 4) is 0 Å². The van der Waals surface area contributed by atoms with Gasteiger partial charge in [0.05, 0.1) is 12.2 Å². The lowest BCUT2D eigenvalue weighted by Crippen LogP contribution is -2.12. The maximum absolute atomic E-state index is 9.09. The van der Waals surface area contributed by atoms with Gasteiger partial charge in [-0.1, -0.05) is 79.1 Å². The Kier molecular flexibility index (Phi) is 9.01. The molecule has 1 saturated heterocycles. The number of aliphatic hydroxyl groups is 1. The average molecular weight is 313 g/mol. The molecule has 2 heteroatoms. The van der Waals surface area contributed by atoms with Gasteiger partial charge in [0.2, 0.25) is 0 Å². The molecule has 0 aromatic rings. The summed E-state index contributed by atoms with van der Waals surface area (Å²) in [6, 6.07) is 0. The zero-order valence-corrected chi connectivity index (χ0v) is 15.7. The fraction of sp³-hybridized carbons (Fsp3) is 1.00. The summed E-state index contributed by atoms with van der Waals surface area (Å²) in [7, 11) is 0. The van der Waals surface area contributed by atoms with Crippen LogP contribution in [-0.2, 0) is 4.74 Å². The second-order valence-corrected chi connectivity index (χ2v) is 8.46. The van der Waals surface area contributed by atoms with Crippen LogP contribution < -0.4 is 0 Å². The molecule has 0 aromatic carbocycles. The highest BCUT2D eigenvalue weighted by molar-refractivity contribution is 4.98. The molecule has 0 bridgehead atoms. The van der Waals surface area contributed by atoms with Gasteiger partial charge in [-0.05, 0) is 31.1 Å². The summed E-state index contributed by atoms with van der Waals surface area (Å²) in [6.07, 6.45) is 12.1. The molecule has 1 fully saturated rings. The second kappa shape index (κ2) is 9.93. The Hall–Kier alpha value is -0.0800. The van der Waals surface area contributed by atoms with Crippen molar-refractivity contribution in [3.05, 3.63) is 0 Å². The van der Waals surface area contributed by atoms with Crippen molar-refractivity contribution in [2.75, 3.05) is 6.61 Å². The zero-order chi connectivity index (χ0) is 16.6. The van der Waals surface area contributed by atoms with E-state index in [4.69, 9.17) is 9.84 Å². The van der Waals surface area contributed by atoms with Crippen LogP contribution in [0.5, 0.6) is 0 Å². The number of rotatable bonds is 13. The molecule has 4 atom stereocenters. The summed E-state index contributed by atoms with van der Waals surface area (Å²) < 4.78 is 5.55. The molecular weight excluding hydrogens is 272 g/mol. The molecule has 0 aromatic heterocycles. The molecule has 1 aliphatic rings. The van der Waals surface area contributed by atoms with E-state index in [-0.39, 0.29) is 18.3 Å². The normalized spacial score (nSPS) is 27.1. The van der Waals surface area contributed by atoms with Gasteiger partial charge in [-0.25, -0.2) is 0 Å². The van der Waals surface area contributed by atoms with E-state index in [2.05, 4.69) is 34.6 Å². The summed E-state index contributed by atoms with van der Waals surface area (Å²) in [5.41, 5.74) is -0.0145. The monoisotopic (exact) mass is 312 g/mol. The van der Waals surface area contributed by atoms with Crippen molar-refractivity contribution in [2.24, 2.45) is 17.8 Å². The first-order valence-electron chi connectivity index (χ1n) is 9.66. The Morgan fingerprint density at radius 1 is 0.864 bits per heavy atom. The molecule has 1 heterocycles. The SMILES string of the molecule is CC(C)CCC[C@@H](C)CCC[C@H](C)CCC[C@@]1(C)O[C@@H]1CO. The Morgan fingerprint density at radius 2 is 1.36 bits per heavy atom. The number of ether oxygens (including phenoxy) is 1. The van der Waals surface area contributed by atoms with Crippen molar-refractivity contribution in [3.63, 3.8) is 0 Å². The standard InChI is InChI=1S/C20H40O2/c1-16(2)9-6-10-17(3)11-7-12-18(4)13-8-14-20(5)19(15-21)22-20/h16-19,21H,6-15H2,1-5H3/t17-,18+,19-,20-/m1/s1. The van der Waals surface area contributed by atoms with Crippen molar-refractivity contribution in [1.82, 2.24) is 0 Å². The summed E-state index contributed by atoms with van der Waals surface area (Å²) in [5, 5.41) is 9.09. The second-order valence-electron chi connectivity index (χ2n) is 8.46. The van der Waals surface area contributed by atoms with Gasteiger partial charge in [0.1, 0.15) is 6.10 Å². The highest BCUT2D eigenvalue weighted by atomic mass is 16.6. The first-order valence-corrected chi connectivity index (χ1v) is 9.66. The third-order valence-electron chi connectivity index (χ3n) is 5.44. The smallest absolute Gasteiger partial charge is 0.110 e. The molecule has 132 valence electrons. The number of epoxide rings is 1. The quantitative estimate of drug-likeness (QED) is 0.451. The Bertz CT molecular complexity index is 289. The summed E-state index contributed by atoms with van der Waals surface area (Å²) >= 11 is 0. The number of hydrogen-bond acceptors (Lipinski definition) is 2. The maximum atomic E-state index is 9.09. The molecule has 1 N–H and O–H groups in total. The Labute approximate surface area is 139 Å². The van der Waals surface area contributed by atoms with Crippen molar-refractivity contribution in [1.29, 1.82) is 0 Å². The van der Waals surface area contributed by atoms with Gasteiger partial charge in [-0.3, -0.25) is 0 Å². The van der Waals surface area contributed by atoms with Crippen molar-refractivity contribution < 1.29 is 9.84 Å². The third-order valence-corrected chi connectivity index (χ3v) is 5.44. The van der Waals surface area contributed by atoms with E-state index in [9.17, 15) is 0 Å². The highest BCUT2D eigenvalue weighted by Crippen LogP contribution is 2.40. The molecule has 0 spiro atoms. The van der Waals surface area contributed by atoms with Gasteiger partial charge in [0.25, 0.3) is 0 Å². The van der Waals surface area contributed by atoms with Crippen LogP contribution in [0.2, 0.25) is 0 Å². The molecule has 0 unspecified atom stereocenters. The van der Waals surface area contributed by atoms with E-state index in [1.165, 1.54) is 51.4 Å². The number of aliphatic hydroxyl groups excluding tert-OH is 1. The van der Waals surface area contributed by atoms with E-state index in [1.54, 1.807) is 0 Å². The topological polar surface area (TPSA) is 32.8 Å². The molecule has 22 heavy (non-hydrogen) atoms. The Balaban J connectivity index is 1.96. The number of hydrogen-bond donors (Lipinski definition) is 1. The van der Waals surface area contributed by atoms with Gasteiger partial charge < -0.3 is 9.84 Å². The van der Waals surface area contributed by atoms with Crippen molar-refractivity contribution >= 4 is 0 Å². The summed E-state index contributed by atoms with van der Waals surface area (Å²) in [5.74, 6) is 2.59. The van der Waals surface area contributed by atoms with Gasteiger partial charge in [-0.2, -0.15) is 0 Å². The maximum Gasteiger partial charge on any atom is 0.110 e. The lowest BCUT2D eigenvalue weighted by atomic mass is 9.90. The summed E-state index contributed by atoms with van der Waals surface area (Å²) in [4.78, 5) is 0. The molecule has 1 rings (SSSR count). The predicted octanol–water partition coefficient (Wildman–Crippen LogP) is 5.58. The minimum Gasteiger partial charge on any atom is -0.394 e. The minimum absolute atomic E-state index is 0.0145. The third kappa shape index (κ3) is 7.97. The first kappa shape index (κ1) is 20.0. The minimum atomic E-state index is -0.0145. The molecule has 0 aliphatic carbocycles. The molecule has 2 nitrogen and oxygen atoms in total. The van der Waals surface area contributed by atoms with Gasteiger partial charge in [0, 0.05) is 0 Å². The van der Waals surface area contributed by atoms with Crippen LogP contribution in [-0.4, -0.2) is 23.4 Å². The largest absolute Gasteiger partial charge is 0.394 e. The Morgan fingerprint density at radius 3 is 1.82 bits per heavy atom. The fourth-order valence-electron chi connectivity index (χ4n) is 3.52. The van der Waals surface area contributed by atoms with Crippen LogP contribution >= 0.6 is 0 Å². The van der Waals surface area contributed by atoms with Crippen LogP contribution in [0.3, 0.4) is 0 Å². The van der Waals surface area contributed by atoms with E-state index in [0.717, 1.165) is 24.2 Å². The lowest BCUT2D eigenvalue weighted by molar-refractivity contribution is 0.234. The molecule has 0 radical (unpaired) electrons. The van der Waals surface area contributed by atoms with Crippen LogP contribution in [0.25, 0.3) is 0 Å². The molecular formula is C20H40O2. The lowest BCUT2D eigenvalue weighted by Gasteiger charge is -2.15. The van der Waals surface area contributed by atoms with E-state index in [0.29, 0.717) is 0 Å². The highest BCUT2D eigenvalue weighted by Gasteiger charge is 2.50. The van der Waals surface area contributed by atoms with Gasteiger partial charge in [-0.15, -0.1) is 0 Å². The van der Waals surface area contributed by atoms with E-state index < -0.39 is 0 Å². The van der Waals surface area contributed by atoms with E-state index in [1.807, 2.05) is 0 Å².